The summed E-state index contributed by atoms with van der Waals surface area (Å²) in [6.07, 6.45) is 0.693. The molecule has 0 bridgehead atoms. The van der Waals surface area contributed by atoms with Crippen LogP contribution in [0.2, 0.25) is 0 Å². The van der Waals surface area contributed by atoms with Crippen LogP contribution in [0.5, 0.6) is 5.75 Å². The molecular weight excluding hydrogens is 488 g/mol. The van der Waals surface area contributed by atoms with Gasteiger partial charge in [-0.25, -0.2) is 8.42 Å². The topological polar surface area (TPSA) is 87.2 Å². The molecule has 8 heteroatoms. The molecule has 0 aromatic heterocycles. The monoisotopic (exact) mass is 522 g/mol. The molecule has 0 radical (unpaired) electrons. The first-order valence-electron chi connectivity index (χ1n) is 12.4. The summed E-state index contributed by atoms with van der Waals surface area (Å²) in [5, 5.41) is 9.69. The van der Waals surface area contributed by atoms with Crippen LogP contribution in [0.15, 0.2) is 59.5 Å². The first-order valence-corrected chi connectivity index (χ1v) is 13.9. The van der Waals surface area contributed by atoms with Crippen molar-refractivity contribution in [1.82, 2.24) is 0 Å². The molecule has 0 fully saturated rings. The molecule has 0 saturated carbocycles. The van der Waals surface area contributed by atoms with E-state index in [1.165, 1.54) is 0 Å². The highest BCUT2D eigenvalue weighted by Crippen LogP contribution is 2.39. The highest BCUT2D eigenvalue weighted by molar-refractivity contribution is 7.93. The minimum atomic E-state index is -4.12. The maximum Gasteiger partial charge on any atom is 0.324 e. The molecule has 0 atom stereocenters. The van der Waals surface area contributed by atoms with Gasteiger partial charge in [0.2, 0.25) is 0 Å². The van der Waals surface area contributed by atoms with Gasteiger partial charge in [0.1, 0.15) is 12.3 Å². The fourth-order valence-corrected chi connectivity index (χ4v) is 7.06. The van der Waals surface area contributed by atoms with Crippen LogP contribution in [-0.4, -0.2) is 38.7 Å². The van der Waals surface area contributed by atoms with Crippen molar-refractivity contribution in [3.8, 4) is 5.75 Å². The number of aliphatic carboxylic acids is 1. The number of hydrogen-bond donors (Lipinski definition) is 1. The van der Waals surface area contributed by atoms with Gasteiger partial charge in [-0.2, -0.15) is 0 Å². The number of anilines is 2. The molecular formula is C29H34N2O5S. The maximum absolute atomic E-state index is 14.0. The molecule has 0 aliphatic carbocycles. The van der Waals surface area contributed by atoms with Crippen molar-refractivity contribution < 1.29 is 23.1 Å². The van der Waals surface area contributed by atoms with Gasteiger partial charge in [-0.1, -0.05) is 35.9 Å². The third kappa shape index (κ3) is 5.59. The highest BCUT2D eigenvalue weighted by atomic mass is 32.2. The van der Waals surface area contributed by atoms with Gasteiger partial charge in [0.15, 0.2) is 0 Å². The van der Waals surface area contributed by atoms with E-state index in [0.29, 0.717) is 36.3 Å². The van der Waals surface area contributed by atoms with E-state index in [4.69, 9.17) is 4.74 Å². The lowest BCUT2D eigenvalue weighted by Gasteiger charge is -2.27. The van der Waals surface area contributed by atoms with Crippen LogP contribution in [-0.2, 0) is 27.8 Å². The molecule has 37 heavy (non-hydrogen) atoms. The lowest BCUT2D eigenvalue weighted by molar-refractivity contribution is -0.135. The van der Waals surface area contributed by atoms with Crippen LogP contribution in [0.4, 0.5) is 11.4 Å². The number of nitrogens with zero attached hydrogens (tertiary/aromatic N) is 2. The van der Waals surface area contributed by atoms with Crippen LogP contribution < -0.4 is 13.9 Å². The van der Waals surface area contributed by atoms with Crippen molar-refractivity contribution >= 4 is 27.4 Å². The highest BCUT2D eigenvalue weighted by Gasteiger charge is 2.34. The van der Waals surface area contributed by atoms with Gasteiger partial charge in [-0.3, -0.25) is 9.10 Å². The van der Waals surface area contributed by atoms with E-state index in [2.05, 4.69) is 4.90 Å². The maximum atomic E-state index is 14.0. The fourth-order valence-electron chi connectivity index (χ4n) is 5.20. The molecule has 1 aliphatic rings. The van der Waals surface area contributed by atoms with Gasteiger partial charge in [-0.05, 0) is 82.0 Å². The summed E-state index contributed by atoms with van der Waals surface area (Å²) in [5.41, 5.74) is 5.41. The zero-order valence-electron chi connectivity index (χ0n) is 22.0. The smallest absolute Gasteiger partial charge is 0.324 e. The van der Waals surface area contributed by atoms with Crippen molar-refractivity contribution in [3.05, 3.63) is 82.4 Å². The number of carboxylic acid groups (broad SMARTS) is 1. The van der Waals surface area contributed by atoms with Crippen molar-refractivity contribution in [2.24, 2.45) is 0 Å². The Bertz CT molecular complexity index is 1410. The van der Waals surface area contributed by atoms with Crippen molar-refractivity contribution in [3.63, 3.8) is 0 Å². The number of benzene rings is 3. The number of carboxylic acids is 1. The third-order valence-corrected chi connectivity index (χ3v) is 8.51. The largest absolute Gasteiger partial charge is 0.491 e. The number of fused-ring (bicyclic) bond motifs is 1. The van der Waals surface area contributed by atoms with Gasteiger partial charge >= 0.3 is 5.97 Å². The average molecular weight is 523 g/mol. The van der Waals surface area contributed by atoms with E-state index in [1.807, 2.05) is 63.2 Å². The van der Waals surface area contributed by atoms with Crippen molar-refractivity contribution in [1.29, 1.82) is 0 Å². The number of aryl methyl sites for hydroxylation is 3. The summed E-state index contributed by atoms with van der Waals surface area (Å²) in [7, 11) is -4.12. The molecule has 196 valence electrons. The van der Waals surface area contributed by atoms with E-state index >= 15 is 0 Å². The van der Waals surface area contributed by atoms with Gasteiger partial charge in [-0.15, -0.1) is 0 Å². The van der Waals surface area contributed by atoms with Crippen LogP contribution in [0, 0.1) is 20.8 Å². The predicted octanol–water partition coefficient (Wildman–Crippen LogP) is 5.24. The molecule has 7 nitrogen and oxygen atoms in total. The number of hydrogen-bond acceptors (Lipinski definition) is 5. The van der Waals surface area contributed by atoms with Gasteiger partial charge in [0.05, 0.1) is 16.7 Å². The number of ether oxygens (including phenoxy) is 1. The van der Waals surface area contributed by atoms with Crippen LogP contribution in [0.3, 0.4) is 0 Å². The Kier molecular flexibility index (Phi) is 7.50. The van der Waals surface area contributed by atoms with Crippen LogP contribution in [0.25, 0.3) is 0 Å². The van der Waals surface area contributed by atoms with E-state index in [-0.39, 0.29) is 11.0 Å². The van der Waals surface area contributed by atoms with E-state index in [9.17, 15) is 18.3 Å². The second kappa shape index (κ2) is 10.5. The summed E-state index contributed by atoms with van der Waals surface area (Å²) in [6.45, 7) is 10.1. The zero-order chi connectivity index (χ0) is 26.9. The molecule has 3 aromatic rings. The molecule has 0 spiro atoms. The lowest BCUT2D eigenvalue weighted by atomic mass is 10.1. The van der Waals surface area contributed by atoms with Gasteiger partial charge < -0.3 is 14.7 Å². The third-order valence-electron chi connectivity index (χ3n) is 6.44. The average Bonchev–Trinajstić information content (AvgIpc) is 3.19. The Morgan fingerprint density at radius 3 is 2.38 bits per heavy atom. The molecule has 4 rings (SSSR count). The predicted molar refractivity (Wildman–Crippen MR) is 146 cm³/mol. The minimum Gasteiger partial charge on any atom is -0.491 e. The van der Waals surface area contributed by atoms with E-state index in [1.54, 1.807) is 26.0 Å². The first kappa shape index (κ1) is 26.5. The number of carbonyl (C=O) groups is 1. The Hall–Kier alpha value is -3.52. The molecule has 1 aliphatic heterocycles. The van der Waals surface area contributed by atoms with Gasteiger partial charge in [0, 0.05) is 24.3 Å². The fraction of sp³-hybridized carbons (Fsp3) is 0.345. The minimum absolute atomic E-state index is 0.0771. The van der Waals surface area contributed by atoms with Crippen molar-refractivity contribution in [2.75, 3.05) is 22.3 Å². The lowest BCUT2D eigenvalue weighted by Crippen LogP contribution is -2.37. The summed E-state index contributed by atoms with van der Waals surface area (Å²) < 4.78 is 34.8. The Balaban J connectivity index is 1.73. The van der Waals surface area contributed by atoms with Gasteiger partial charge in [0.25, 0.3) is 10.0 Å². The first-order chi connectivity index (χ1) is 17.5. The Morgan fingerprint density at radius 1 is 1.05 bits per heavy atom. The molecule has 3 aromatic carbocycles. The summed E-state index contributed by atoms with van der Waals surface area (Å²) in [5.74, 6) is -0.399. The second-order valence-corrected chi connectivity index (χ2v) is 11.7. The number of sulfonamides is 1. The standard InChI is InChI=1S/C29H34N2O5S/c1-19(2)36-24-9-6-8-23(16-24)17-30-13-12-25-26(30)10-7-11-27(25)31(18-28(32)33)37(34,35)29-21(4)14-20(3)15-22(29)5/h6-11,14-16,19H,12-13,17-18H2,1-5H3,(H,32,33). The van der Waals surface area contributed by atoms with Crippen molar-refractivity contribution in [2.45, 2.75) is 58.6 Å². The Labute approximate surface area is 219 Å². The van der Waals surface area contributed by atoms with Crippen LogP contribution in [0.1, 0.15) is 41.7 Å². The molecule has 1 N–H and O–H groups in total. The van der Waals surface area contributed by atoms with E-state index < -0.39 is 22.5 Å². The summed E-state index contributed by atoms with van der Waals surface area (Å²) in [6, 6.07) is 17.1. The van der Waals surface area contributed by atoms with E-state index in [0.717, 1.165) is 32.4 Å². The molecule has 1 heterocycles. The van der Waals surface area contributed by atoms with Crippen LogP contribution >= 0.6 is 0 Å². The SMILES string of the molecule is Cc1cc(C)c(S(=O)(=O)N(CC(=O)O)c2cccc3c2CCN3Cc2cccc(OC(C)C)c2)c(C)c1. The normalized spacial score (nSPS) is 13.1. The second-order valence-electron chi connectivity index (χ2n) is 9.89. The quantitative estimate of drug-likeness (QED) is 0.414. The Morgan fingerprint density at radius 2 is 1.73 bits per heavy atom. The molecule has 0 unspecified atom stereocenters. The summed E-state index contributed by atoms with van der Waals surface area (Å²) >= 11 is 0. The molecule has 0 saturated heterocycles. The zero-order valence-corrected chi connectivity index (χ0v) is 22.8. The summed E-state index contributed by atoms with van der Waals surface area (Å²) in [4.78, 5) is 14.2. The number of rotatable bonds is 9. The molecule has 0 amide bonds.